The molecule has 1 heterocycles. The molecule has 1 saturated carbocycles. The van der Waals surface area contributed by atoms with Crippen LogP contribution in [-0.2, 0) is 9.59 Å². The van der Waals surface area contributed by atoms with Crippen molar-refractivity contribution >= 4 is 23.5 Å². The van der Waals surface area contributed by atoms with Crippen molar-refractivity contribution in [1.29, 1.82) is 0 Å². The maximum atomic E-state index is 12.9. The van der Waals surface area contributed by atoms with E-state index in [-0.39, 0.29) is 35.5 Å². The predicted molar refractivity (Wildman–Crippen MR) is 103 cm³/mol. The summed E-state index contributed by atoms with van der Waals surface area (Å²) >= 11 is 0. The molecule has 4 atom stereocenters. The van der Waals surface area contributed by atoms with Gasteiger partial charge >= 0.3 is 5.97 Å². The van der Waals surface area contributed by atoms with Crippen molar-refractivity contribution in [2.75, 3.05) is 4.90 Å². The molecule has 2 aromatic rings. The van der Waals surface area contributed by atoms with Crippen LogP contribution in [0, 0.1) is 30.6 Å². The van der Waals surface area contributed by atoms with Crippen molar-refractivity contribution < 1.29 is 19.1 Å². The van der Waals surface area contributed by atoms with E-state index in [1.807, 2.05) is 19.1 Å². The summed E-state index contributed by atoms with van der Waals surface area (Å²) in [6, 6.07) is 13.7. The van der Waals surface area contributed by atoms with Crippen LogP contribution >= 0.6 is 0 Å². The van der Waals surface area contributed by atoms with E-state index in [1.165, 1.54) is 4.90 Å². The molecule has 0 aromatic heterocycles. The van der Waals surface area contributed by atoms with Crippen LogP contribution in [0.4, 0.5) is 5.69 Å². The monoisotopic (exact) mass is 373 g/mol. The van der Waals surface area contributed by atoms with Gasteiger partial charge in [-0.25, -0.2) is 4.79 Å². The van der Waals surface area contributed by atoms with Crippen LogP contribution in [0.1, 0.15) is 22.3 Å². The number of hydrogen-bond donors (Lipinski definition) is 0. The number of carbonyl (C=O) groups is 3. The Balaban J connectivity index is 1.34. The number of imide groups is 1. The second-order valence-corrected chi connectivity index (χ2v) is 7.76. The molecule has 2 bridgehead atoms. The predicted octanol–water partition coefficient (Wildman–Crippen LogP) is 3.53. The minimum absolute atomic E-state index is 0.123. The molecule has 140 valence electrons. The molecule has 5 heteroatoms. The lowest BCUT2D eigenvalue weighted by atomic mass is 9.85. The third kappa shape index (κ3) is 2.50. The second kappa shape index (κ2) is 6.16. The zero-order valence-electron chi connectivity index (χ0n) is 15.4. The summed E-state index contributed by atoms with van der Waals surface area (Å²) in [5.41, 5.74) is 1.96. The Kier molecular flexibility index (Phi) is 3.72. The average molecular weight is 373 g/mol. The Morgan fingerprint density at radius 3 is 2.04 bits per heavy atom. The van der Waals surface area contributed by atoms with E-state index in [1.54, 1.807) is 36.4 Å². The third-order valence-electron chi connectivity index (χ3n) is 6.06. The fourth-order valence-corrected chi connectivity index (χ4v) is 4.68. The number of rotatable bonds is 3. The molecular formula is C23H19NO4. The van der Waals surface area contributed by atoms with Gasteiger partial charge in [0.15, 0.2) is 0 Å². The first kappa shape index (κ1) is 16.9. The molecule has 2 fully saturated rings. The summed E-state index contributed by atoms with van der Waals surface area (Å²) in [4.78, 5) is 39.3. The van der Waals surface area contributed by atoms with Gasteiger partial charge in [0.05, 0.1) is 23.1 Å². The molecule has 2 amide bonds. The number of amides is 2. The van der Waals surface area contributed by atoms with Gasteiger partial charge in [0.2, 0.25) is 11.8 Å². The fraction of sp³-hybridized carbons (Fsp3) is 0.261. The van der Waals surface area contributed by atoms with Crippen molar-refractivity contribution in [3.05, 3.63) is 71.8 Å². The largest absolute Gasteiger partial charge is 0.423 e. The van der Waals surface area contributed by atoms with Gasteiger partial charge in [0.1, 0.15) is 5.75 Å². The van der Waals surface area contributed by atoms with Crippen LogP contribution in [0.5, 0.6) is 5.75 Å². The maximum Gasteiger partial charge on any atom is 0.343 e. The topological polar surface area (TPSA) is 63.7 Å². The zero-order valence-corrected chi connectivity index (χ0v) is 15.4. The Hall–Kier alpha value is -3.21. The van der Waals surface area contributed by atoms with Gasteiger partial charge in [-0.15, -0.1) is 0 Å². The van der Waals surface area contributed by atoms with Crippen molar-refractivity contribution in [3.8, 4) is 5.75 Å². The molecule has 0 radical (unpaired) electrons. The number of ether oxygens (including phenoxy) is 1. The number of aryl methyl sites for hydroxylation is 1. The molecule has 0 unspecified atom stereocenters. The Morgan fingerprint density at radius 2 is 1.46 bits per heavy atom. The summed E-state index contributed by atoms with van der Waals surface area (Å²) in [7, 11) is 0. The number of anilines is 1. The molecule has 0 N–H and O–H groups in total. The SMILES string of the molecule is Cc1ccc(OC(=O)c2ccc(N3C(=O)[C@H]4[C@H](C3=O)[C@H]3C=C[C@H]4C3)cc2)cc1. The van der Waals surface area contributed by atoms with Gasteiger partial charge in [-0.05, 0) is 61.6 Å². The fourth-order valence-electron chi connectivity index (χ4n) is 4.68. The number of allylic oxidation sites excluding steroid dienone is 2. The highest BCUT2D eigenvalue weighted by Gasteiger charge is 2.59. The van der Waals surface area contributed by atoms with Crippen molar-refractivity contribution in [3.63, 3.8) is 0 Å². The lowest BCUT2D eigenvalue weighted by Crippen LogP contribution is -2.32. The summed E-state index contributed by atoms with van der Waals surface area (Å²) in [6.07, 6.45) is 5.06. The Morgan fingerprint density at radius 1 is 0.893 bits per heavy atom. The first-order valence-electron chi connectivity index (χ1n) is 9.48. The molecule has 1 saturated heterocycles. The minimum atomic E-state index is -0.478. The molecule has 5 nitrogen and oxygen atoms in total. The standard InChI is InChI=1S/C23H19NO4/c1-13-2-10-18(11-3-13)28-23(27)14-6-8-17(9-7-14)24-21(25)19-15-4-5-16(12-15)20(19)22(24)26/h2-11,15-16,19-20H,12H2,1H3/t15-,16-,19+,20+/m0/s1. The van der Waals surface area contributed by atoms with E-state index in [0.29, 0.717) is 17.0 Å². The minimum Gasteiger partial charge on any atom is -0.423 e. The smallest absolute Gasteiger partial charge is 0.343 e. The molecule has 2 aliphatic carbocycles. The van der Waals surface area contributed by atoms with E-state index in [2.05, 4.69) is 12.2 Å². The van der Waals surface area contributed by atoms with Gasteiger partial charge in [-0.2, -0.15) is 0 Å². The van der Waals surface area contributed by atoms with Crippen LogP contribution in [0.15, 0.2) is 60.7 Å². The number of esters is 1. The number of nitrogens with zero attached hydrogens (tertiary/aromatic N) is 1. The maximum absolute atomic E-state index is 12.9. The molecular weight excluding hydrogens is 354 g/mol. The number of carbonyl (C=O) groups excluding carboxylic acids is 3. The van der Waals surface area contributed by atoms with E-state index in [4.69, 9.17) is 4.74 Å². The molecule has 3 aliphatic rings. The van der Waals surface area contributed by atoms with E-state index < -0.39 is 5.97 Å². The first-order valence-corrected chi connectivity index (χ1v) is 9.48. The highest BCUT2D eigenvalue weighted by atomic mass is 16.5. The van der Waals surface area contributed by atoms with Crippen LogP contribution in [0.25, 0.3) is 0 Å². The number of fused-ring (bicyclic) bond motifs is 5. The van der Waals surface area contributed by atoms with E-state index in [9.17, 15) is 14.4 Å². The number of benzene rings is 2. The van der Waals surface area contributed by atoms with Crippen molar-refractivity contribution in [2.45, 2.75) is 13.3 Å². The lowest BCUT2D eigenvalue weighted by Gasteiger charge is -2.17. The second-order valence-electron chi connectivity index (χ2n) is 7.76. The Bertz CT molecular complexity index is 976. The normalized spacial score (nSPS) is 27.4. The Labute approximate surface area is 162 Å². The summed E-state index contributed by atoms with van der Waals surface area (Å²) < 4.78 is 5.37. The lowest BCUT2D eigenvalue weighted by molar-refractivity contribution is -0.123. The average Bonchev–Trinajstić information content (AvgIpc) is 3.38. The highest BCUT2D eigenvalue weighted by Crippen LogP contribution is 2.53. The summed E-state index contributed by atoms with van der Waals surface area (Å²) in [6.45, 7) is 1.96. The number of hydrogen-bond acceptors (Lipinski definition) is 4. The van der Waals surface area contributed by atoms with Crippen LogP contribution in [0.3, 0.4) is 0 Å². The molecule has 1 aliphatic heterocycles. The molecule has 0 spiro atoms. The van der Waals surface area contributed by atoms with Gasteiger partial charge in [-0.3, -0.25) is 14.5 Å². The van der Waals surface area contributed by atoms with Gasteiger partial charge in [0.25, 0.3) is 0 Å². The molecule has 28 heavy (non-hydrogen) atoms. The quantitative estimate of drug-likeness (QED) is 0.357. The summed E-state index contributed by atoms with van der Waals surface area (Å²) in [5, 5.41) is 0. The van der Waals surface area contributed by atoms with Crippen molar-refractivity contribution in [1.82, 2.24) is 0 Å². The van der Waals surface area contributed by atoms with Crippen molar-refractivity contribution in [2.24, 2.45) is 23.7 Å². The summed E-state index contributed by atoms with van der Waals surface area (Å²) in [5.74, 6) is -0.347. The van der Waals surface area contributed by atoms with Gasteiger partial charge < -0.3 is 4.74 Å². The van der Waals surface area contributed by atoms with E-state index in [0.717, 1.165) is 12.0 Å². The van der Waals surface area contributed by atoms with Gasteiger partial charge in [-0.1, -0.05) is 29.8 Å². The van der Waals surface area contributed by atoms with Crippen LogP contribution < -0.4 is 9.64 Å². The molecule has 5 rings (SSSR count). The zero-order chi connectivity index (χ0) is 19.4. The van der Waals surface area contributed by atoms with E-state index >= 15 is 0 Å². The first-order chi connectivity index (χ1) is 13.5. The highest BCUT2D eigenvalue weighted by molar-refractivity contribution is 6.22. The van der Waals surface area contributed by atoms with Crippen LogP contribution in [-0.4, -0.2) is 17.8 Å². The van der Waals surface area contributed by atoms with Gasteiger partial charge in [0, 0.05) is 0 Å². The molecule has 2 aromatic carbocycles. The van der Waals surface area contributed by atoms with Crippen LogP contribution in [0.2, 0.25) is 0 Å². The third-order valence-corrected chi connectivity index (χ3v) is 6.06.